The van der Waals surface area contributed by atoms with E-state index in [2.05, 4.69) is 43.1 Å². The van der Waals surface area contributed by atoms with E-state index in [-0.39, 0.29) is 0 Å². The minimum absolute atomic E-state index is 0.313. The maximum Gasteiger partial charge on any atom is 0.140 e. The fourth-order valence-electron chi connectivity index (χ4n) is 1.95. The van der Waals surface area contributed by atoms with Crippen LogP contribution in [0.25, 0.3) is 0 Å². The van der Waals surface area contributed by atoms with E-state index >= 15 is 0 Å². The second-order valence-corrected chi connectivity index (χ2v) is 4.25. The zero-order chi connectivity index (χ0) is 12.3. The standard InChI is InChI=1S/C15H17NO/c1-11-4-6-13(7-5-11)12(2)14-8-9-16-10-15(14)17-3/h4-10,12H,1-3H3. The van der Waals surface area contributed by atoms with Gasteiger partial charge in [-0.25, -0.2) is 0 Å². The topological polar surface area (TPSA) is 22.1 Å². The van der Waals surface area contributed by atoms with Crippen molar-refractivity contribution in [1.82, 2.24) is 4.98 Å². The Morgan fingerprint density at radius 1 is 1.12 bits per heavy atom. The summed E-state index contributed by atoms with van der Waals surface area (Å²) >= 11 is 0. The van der Waals surface area contributed by atoms with E-state index in [1.807, 2.05) is 12.3 Å². The van der Waals surface area contributed by atoms with Gasteiger partial charge in [0.15, 0.2) is 0 Å². The highest BCUT2D eigenvalue weighted by Crippen LogP contribution is 2.30. The lowest BCUT2D eigenvalue weighted by Gasteiger charge is -2.15. The number of methoxy groups -OCH3 is 1. The van der Waals surface area contributed by atoms with Crippen LogP contribution in [0.3, 0.4) is 0 Å². The van der Waals surface area contributed by atoms with Gasteiger partial charge in [-0.2, -0.15) is 0 Å². The van der Waals surface area contributed by atoms with E-state index in [0.717, 1.165) is 5.75 Å². The number of rotatable bonds is 3. The van der Waals surface area contributed by atoms with Crippen LogP contribution in [-0.4, -0.2) is 12.1 Å². The Morgan fingerprint density at radius 3 is 2.47 bits per heavy atom. The zero-order valence-corrected chi connectivity index (χ0v) is 10.5. The first-order valence-corrected chi connectivity index (χ1v) is 5.77. The van der Waals surface area contributed by atoms with Gasteiger partial charge >= 0.3 is 0 Å². The van der Waals surface area contributed by atoms with Gasteiger partial charge in [0.25, 0.3) is 0 Å². The van der Waals surface area contributed by atoms with Crippen LogP contribution in [0.5, 0.6) is 5.75 Å². The summed E-state index contributed by atoms with van der Waals surface area (Å²) in [5, 5.41) is 0. The van der Waals surface area contributed by atoms with Crippen LogP contribution in [0.2, 0.25) is 0 Å². The van der Waals surface area contributed by atoms with E-state index in [1.165, 1.54) is 16.7 Å². The number of ether oxygens (including phenoxy) is 1. The van der Waals surface area contributed by atoms with Crippen molar-refractivity contribution >= 4 is 0 Å². The fraction of sp³-hybridized carbons (Fsp3) is 0.267. The number of hydrogen-bond acceptors (Lipinski definition) is 2. The molecule has 0 saturated carbocycles. The highest BCUT2D eigenvalue weighted by Gasteiger charge is 2.12. The zero-order valence-electron chi connectivity index (χ0n) is 10.5. The van der Waals surface area contributed by atoms with Crippen LogP contribution in [0, 0.1) is 6.92 Å². The molecule has 88 valence electrons. The second-order valence-electron chi connectivity index (χ2n) is 4.25. The van der Waals surface area contributed by atoms with Crippen molar-refractivity contribution in [2.75, 3.05) is 7.11 Å². The smallest absolute Gasteiger partial charge is 0.140 e. The van der Waals surface area contributed by atoms with E-state index in [0.29, 0.717) is 5.92 Å². The van der Waals surface area contributed by atoms with Gasteiger partial charge in [-0.05, 0) is 18.6 Å². The fourth-order valence-corrected chi connectivity index (χ4v) is 1.95. The Labute approximate surface area is 102 Å². The van der Waals surface area contributed by atoms with Crippen LogP contribution in [0.4, 0.5) is 0 Å². The van der Waals surface area contributed by atoms with Crippen molar-refractivity contribution in [3.05, 3.63) is 59.4 Å². The number of aromatic nitrogens is 1. The molecule has 1 aromatic heterocycles. The molecule has 0 amide bonds. The van der Waals surface area contributed by atoms with Crippen molar-refractivity contribution in [2.24, 2.45) is 0 Å². The summed E-state index contributed by atoms with van der Waals surface area (Å²) in [6.45, 7) is 4.28. The van der Waals surface area contributed by atoms with Crippen LogP contribution in [0.1, 0.15) is 29.5 Å². The first-order valence-electron chi connectivity index (χ1n) is 5.77. The maximum absolute atomic E-state index is 5.35. The Bertz CT molecular complexity index is 491. The molecule has 0 radical (unpaired) electrons. The number of nitrogens with zero attached hydrogens (tertiary/aromatic N) is 1. The average molecular weight is 227 g/mol. The van der Waals surface area contributed by atoms with Crippen LogP contribution in [0.15, 0.2) is 42.7 Å². The quantitative estimate of drug-likeness (QED) is 0.800. The lowest BCUT2D eigenvalue weighted by molar-refractivity contribution is 0.406. The molecule has 0 fully saturated rings. The molecule has 2 nitrogen and oxygen atoms in total. The predicted octanol–water partition coefficient (Wildman–Crippen LogP) is 3.55. The summed E-state index contributed by atoms with van der Waals surface area (Å²) in [5.74, 6) is 1.16. The summed E-state index contributed by atoms with van der Waals surface area (Å²) < 4.78 is 5.35. The molecule has 0 aliphatic carbocycles. The van der Waals surface area contributed by atoms with E-state index in [1.54, 1.807) is 13.3 Å². The average Bonchev–Trinajstić information content (AvgIpc) is 2.39. The van der Waals surface area contributed by atoms with E-state index in [9.17, 15) is 0 Å². The normalized spacial score (nSPS) is 12.2. The minimum Gasteiger partial charge on any atom is -0.495 e. The Balaban J connectivity index is 2.36. The summed E-state index contributed by atoms with van der Waals surface area (Å²) in [4.78, 5) is 4.08. The number of aryl methyl sites for hydroxylation is 1. The summed E-state index contributed by atoms with van der Waals surface area (Å²) in [5.41, 5.74) is 3.74. The summed E-state index contributed by atoms with van der Waals surface area (Å²) in [6.07, 6.45) is 3.57. The molecule has 0 aliphatic rings. The third-order valence-corrected chi connectivity index (χ3v) is 3.08. The second kappa shape index (κ2) is 5.00. The predicted molar refractivity (Wildman–Crippen MR) is 69.5 cm³/mol. The molecule has 1 atom stereocenters. The first-order chi connectivity index (χ1) is 8.22. The molecule has 2 rings (SSSR count). The van der Waals surface area contributed by atoms with Crippen molar-refractivity contribution < 1.29 is 4.74 Å². The van der Waals surface area contributed by atoms with Gasteiger partial charge in [0.1, 0.15) is 5.75 Å². The van der Waals surface area contributed by atoms with E-state index in [4.69, 9.17) is 4.74 Å². The largest absolute Gasteiger partial charge is 0.495 e. The summed E-state index contributed by atoms with van der Waals surface area (Å²) in [7, 11) is 1.68. The Kier molecular flexibility index (Phi) is 3.43. The Morgan fingerprint density at radius 2 is 1.82 bits per heavy atom. The molecule has 0 bridgehead atoms. The molecule has 0 saturated heterocycles. The van der Waals surface area contributed by atoms with Gasteiger partial charge in [-0.1, -0.05) is 36.8 Å². The van der Waals surface area contributed by atoms with Gasteiger partial charge in [0.05, 0.1) is 13.3 Å². The lowest BCUT2D eigenvalue weighted by atomic mass is 9.93. The molecule has 0 aliphatic heterocycles. The molecule has 0 N–H and O–H groups in total. The highest BCUT2D eigenvalue weighted by molar-refractivity contribution is 5.40. The first kappa shape index (κ1) is 11.6. The molecular weight excluding hydrogens is 210 g/mol. The van der Waals surface area contributed by atoms with Crippen LogP contribution < -0.4 is 4.74 Å². The van der Waals surface area contributed by atoms with E-state index < -0.39 is 0 Å². The van der Waals surface area contributed by atoms with Crippen molar-refractivity contribution in [3.63, 3.8) is 0 Å². The van der Waals surface area contributed by atoms with Crippen molar-refractivity contribution in [1.29, 1.82) is 0 Å². The molecule has 2 aromatic rings. The number of pyridine rings is 1. The molecule has 2 heteroatoms. The molecule has 1 unspecified atom stereocenters. The lowest BCUT2D eigenvalue weighted by Crippen LogP contribution is -2.00. The molecule has 17 heavy (non-hydrogen) atoms. The number of benzene rings is 1. The van der Waals surface area contributed by atoms with Gasteiger partial charge in [-0.3, -0.25) is 4.98 Å². The maximum atomic E-state index is 5.35. The molecule has 1 heterocycles. The van der Waals surface area contributed by atoms with Crippen molar-refractivity contribution in [3.8, 4) is 5.75 Å². The highest BCUT2D eigenvalue weighted by atomic mass is 16.5. The van der Waals surface area contributed by atoms with Crippen LogP contribution in [-0.2, 0) is 0 Å². The van der Waals surface area contributed by atoms with Crippen LogP contribution >= 0.6 is 0 Å². The minimum atomic E-state index is 0.313. The van der Waals surface area contributed by atoms with Gasteiger partial charge in [0.2, 0.25) is 0 Å². The Hall–Kier alpha value is -1.83. The third kappa shape index (κ3) is 2.47. The monoisotopic (exact) mass is 227 g/mol. The van der Waals surface area contributed by atoms with Gasteiger partial charge < -0.3 is 4.74 Å². The van der Waals surface area contributed by atoms with Gasteiger partial charge in [0, 0.05) is 17.7 Å². The molecule has 0 spiro atoms. The van der Waals surface area contributed by atoms with Crippen molar-refractivity contribution in [2.45, 2.75) is 19.8 Å². The molecular formula is C15H17NO. The SMILES string of the molecule is COc1cnccc1C(C)c1ccc(C)cc1. The molecule has 1 aromatic carbocycles. The van der Waals surface area contributed by atoms with Gasteiger partial charge in [-0.15, -0.1) is 0 Å². The summed E-state index contributed by atoms with van der Waals surface area (Å²) in [6, 6.07) is 10.6. The third-order valence-electron chi connectivity index (χ3n) is 3.08. The number of hydrogen-bond donors (Lipinski definition) is 0.